The van der Waals surface area contributed by atoms with Crippen molar-refractivity contribution in [1.29, 1.82) is 5.26 Å². The van der Waals surface area contributed by atoms with Gasteiger partial charge in [-0.05, 0) is 31.0 Å². The van der Waals surface area contributed by atoms with Crippen LogP contribution in [-0.2, 0) is 6.54 Å². The number of hydrogen-bond acceptors (Lipinski definition) is 3. The lowest BCUT2D eigenvalue weighted by atomic mass is 10.1. The fraction of sp³-hybridized carbons (Fsp3) is 0.562. The second kappa shape index (κ2) is 6.70. The molecule has 0 aliphatic carbocycles. The molecule has 3 nitrogen and oxygen atoms in total. The highest BCUT2D eigenvalue weighted by Crippen LogP contribution is 2.12. The third kappa shape index (κ3) is 3.79. The van der Waals surface area contributed by atoms with Crippen LogP contribution in [0.15, 0.2) is 24.3 Å². The maximum atomic E-state index is 8.92. The van der Waals surface area contributed by atoms with Crippen LogP contribution in [0, 0.1) is 11.3 Å². The van der Waals surface area contributed by atoms with E-state index >= 15 is 0 Å². The Hall–Kier alpha value is -1.37. The van der Waals surface area contributed by atoms with E-state index < -0.39 is 0 Å². The first-order valence-electron chi connectivity index (χ1n) is 7.18. The Bertz CT molecular complexity index is 442. The molecule has 1 aliphatic heterocycles. The highest BCUT2D eigenvalue weighted by Gasteiger charge is 2.19. The fourth-order valence-corrected chi connectivity index (χ4v) is 2.62. The molecular weight excluding hydrogens is 234 g/mol. The minimum Gasteiger partial charge on any atom is -0.298 e. The topological polar surface area (TPSA) is 30.3 Å². The van der Waals surface area contributed by atoms with Crippen LogP contribution in [-0.4, -0.2) is 42.0 Å². The van der Waals surface area contributed by atoms with Gasteiger partial charge in [-0.25, -0.2) is 0 Å². The average molecular weight is 257 g/mol. The largest absolute Gasteiger partial charge is 0.298 e. The molecule has 3 heteroatoms. The third-order valence-corrected chi connectivity index (χ3v) is 4.08. The summed E-state index contributed by atoms with van der Waals surface area (Å²) in [7, 11) is 0. The van der Waals surface area contributed by atoms with Gasteiger partial charge in [-0.2, -0.15) is 5.26 Å². The molecular formula is C16H23N3. The van der Waals surface area contributed by atoms with Crippen LogP contribution in [0.5, 0.6) is 0 Å². The third-order valence-electron chi connectivity index (χ3n) is 4.08. The lowest BCUT2D eigenvalue weighted by Gasteiger charge is -2.37. The molecule has 0 bridgehead atoms. The van der Waals surface area contributed by atoms with Crippen molar-refractivity contribution in [1.82, 2.24) is 9.80 Å². The van der Waals surface area contributed by atoms with Gasteiger partial charge < -0.3 is 0 Å². The van der Waals surface area contributed by atoms with Crippen LogP contribution in [0.25, 0.3) is 0 Å². The van der Waals surface area contributed by atoms with Crippen molar-refractivity contribution in [2.75, 3.05) is 26.2 Å². The molecule has 0 radical (unpaired) electrons. The van der Waals surface area contributed by atoms with E-state index in [2.05, 4.69) is 35.8 Å². The van der Waals surface area contributed by atoms with Crippen molar-refractivity contribution in [3.8, 4) is 6.07 Å². The Kier molecular flexibility index (Phi) is 4.95. The summed E-state index contributed by atoms with van der Waals surface area (Å²) in [4.78, 5) is 5.05. The van der Waals surface area contributed by atoms with Crippen molar-refractivity contribution in [3.63, 3.8) is 0 Å². The number of nitrogens with zero attached hydrogens (tertiary/aromatic N) is 3. The van der Waals surface area contributed by atoms with Crippen LogP contribution in [0.2, 0.25) is 0 Å². The van der Waals surface area contributed by atoms with Crippen molar-refractivity contribution in [3.05, 3.63) is 35.4 Å². The van der Waals surface area contributed by atoms with Gasteiger partial charge >= 0.3 is 0 Å². The summed E-state index contributed by atoms with van der Waals surface area (Å²) >= 11 is 0. The van der Waals surface area contributed by atoms with Crippen molar-refractivity contribution < 1.29 is 0 Å². The molecule has 1 heterocycles. The molecule has 1 saturated heterocycles. The lowest BCUT2D eigenvalue weighted by molar-refractivity contribution is 0.0964. The number of benzene rings is 1. The van der Waals surface area contributed by atoms with E-state index in [-0.39, 0.29) is 0 Å². The second-order valence-electron chi connectivity index (χ2n) is 5.38. The van der Waals surface area contributed by atoms with Crippen LogP contribution in [0.1, 0.15) is 31.4 Å². The molecule has 1 atom stereocenters. The SMILES string of the molecule is CCC(C)N1CCN(Cc2cccc(C#N)c2)CC1. The Morgan fingerprint density at radius 1 is 1.26 bits per heavy atom. The van der Waals surface area contributed by atoms with Gasteiger partial charge in [-0.15, -0.1) is 0 Å². The number of piperazine rings is 1. The molecule has 1 unspecified atom stereocenters. The van der Waals surface area contributed by atoms with Crippen molar-refractivity contribution >= 4 is 0 Å². The van der Waals surface area contributed by atoms with Gasteiger partial charge in [-0.1, -0.05) is 19.1 Å². The standard InChI is InChI=1S/C16H23N3/c1-3-14(2)19-9-7-18(8-10-19)13-16-6-4-5-15(11-16)12-17/h4-6,11,14H,3,7-10,13H2,1-2H3. The molecule has 0 spiro atoms. The molecule has 0 aromatic heterocycles. The summed E-state index contributed by atoms with van der Waals surface area (Å²) in [6.07, 6.45) is 1.23. The van der Waals surface area contributed by atoms with Gasteiger partial charge in [-0.3, -0.25) is 9.80 Å². The van der Waals surface area contributed by atoms with E-state index in [4.69, 9.17) is 5.26 Å². The fourth-order valence-electron chi connectivity index (χ4n) is 2.62. The lowest BCUT2D eigenvalue weighted by Crippen LogP contribution is -2.48. The molecule has 19 heavy (non-hydrogen) atoms. The zero-order valence-corrected chi connectivity index (χ0v) is 12.0. The molecule has 1 aromatic rings. The predicted octanol–water partition coefficient (Wildman–Crippen LogP) is 2.47. The van der Waals surface area contributed by atoms with Gasteiger partial charge in [0.05, 0.1) is 11.6 Å². The smallest absolute Gasteiger partial charge is 0.0991 e. The predicted molar refractivity (Wildman–Crippen MR) is 77.8 cm³/mol. The maximum Gasteiger partial charge on any atom is 0.0991 e. The van der Waals surface area contributed by atoms with Gasteiger partial charge in [0.25, 0.3) is 0 Å². The summed E-state index contributed by atoms with van der Waals surface area (Å²) in [5.41, 5.74) is 2.01. The van der Waals surface area contributed by atoms with Gasteiger partial charge in [0.1, 0.15) is 0 Å². The van der Waals surface area contributed by atoms with E-state index in [1.807, 2.05) is 18.2 Å². The number of hydrogen-bond donors (Lipinski definition) is 0. The highest BCUT2D eigenvalue weighted by molar-refractivity contribution is 5.32. The minimum atomic E-state index is 0.698. The van der Waals surface area contributed by atoms with E-state index in [0.29, 0.717) is 6.04 Å². The first-order chi connectivity index (χ1) is 9.22. The molecule has 1 aliphatic rings. The van der Waals surface area contributed by atoms with E-state index in [9.17, 15) is 0 Å². The van der Waals surface area contributed by atoms with E-state index in [0.717, 1.165) is 38.3 Å². The first-order valence-corrected chi connectivity index (χ1v) is 7.18. The normalized spacial score (nSPS) is 19.0. The van der Waals surface area contributed by atoms with Gasteiger partial charge in [0.2, 0.25) is 0 Å². The molecule has 1 fully saturated rings. The zero-order chi connectivity index (χ0) is 13.7. The van der Waals surface area contributed by atoms with Crippen LogP contribution < -0.4 is 0 Å². The first kappa shape index (κ1) is 14.0. The average Bonchev–Trinajstić information content (AvgIpc) is 2.47. The highest BCUT2D eigenvalue weighted by atomic mass is 15.3. The molecule has 1 aromatic carbocycles. The van der Waals surface area contributed by atoms with Gasteiger partial charge in [0.15, 0.2) is 0 Å². The second-order valence-corrected chi connectivity index (χ2v) is 5.38. The summed E-state index contributed by atoms with van der Waals surface area (Å²) in [6.45, 7) is 10.1. The monoisotopic (exact) mass is 257 g/mol. The number of nitriles is 1. The molecule has 0 saturated carbocycles. The Labute approximate surface area is 116 Å². The summed E-state index contributed by atoms with van der Waals surface area (Å²) < 4.78 is 0. The Balaban J connectivity index is 1.87. The molecule has 102 valence electrons. The van der Waals surface area contributed by atoms with Crippen LogP contribution >= 0.6 is 0 Å². The Morgan fingerprint density at radius 3 is 2.63 bits per heavy atom. The van der Waals surface area contributed by atoms with E-state index in [1.54, 1.807) is 0 Å². The minimum absolute atomic E-state index is 0.698. The zero-order valence-electron chi connectivity index (χ0n) is 12.0. The summed E-state index contributed by atoms with van der Waals surface area (Å²) in [5.74, 6) is 0. The summed E-state index contributed by atoms with van der Waals surface area (Å²) in [6, 6.07) is 10.9. The van der Waals surface area contributed by atoms with Crippen molar-refractivity contribution in [2.45, 2.75) is 32.9 Å². The quantitative estimate of drug-likeness (QED) is 0.830. The van der Waals surface area contributed by atoms with Crippen LogP contribution in [0.4, 0.5) is 0 Å². The number of rotatable bonds is 4. The summed E-state index contributed by atoms with van der Waals surface area (Å²) in [5, 5.41) is 8.92. The molecule has 0 N–H and O–H groups in total. The Morgan fingerprint density at radius 2 is 2.00 bits per heavy atom. The molecule has 0 amide bonds. The van der Waals surface area contributed by atoms with Gasteiger partial charge in [0, 0.05) is 38.8 Å². The maximum absolute atomic E-state index is 8.92. The molecule has 2 rings (SSSR count). The van der Waals surface area contributed by atoms with Crippen LogP contribution in [0.3, 0.4) is 0 Å². The van der Waals surface area contributed by atoms with E-state index in [1.165, 1.54) is 12.0 Å². The van der Waals surface area contributed by atoms with Crippen molar-refractivity contribution in [2.24, 2.45) is 0 Å².